The summed E-state index contributed by atoms with van der Waals surface area (Å²) < 4.78 is 5.90. The van der Waals surface area contributed by atoms with Gasteiger partial charge in [0.2, 0.25) is 0 Å². The molecule has 0 heterocycles. The van der Waals surface area contributed by atoms with E-state index in [1.165, 1.54) is 24.0 Å². The van der Waals surface area contributed by atoms with Gasteiger partial charge in [-0.3, -0.25) is 0 Å². The van der Waals surface area contributed by atoms with Crippen molar-refractivity contribution in [3.63, 3.8) is 0 Å². The zero-order chi connectivity index (χ0) is 13.9. The minimum absolute atomic E-state index is 0.805. The fourth-order valence-corrected chi connectivity index (χ4v) is 2.00. The maximum atomic E-state index is 5.90. The van der Waals surface area contributed by atoms with Crippen LogP contribution in [0.15, 0.2) is 30.9 Å². The lowest BCUT2D eigenvalue weighted by Gasteiger charge is -2.12. The van der Waals surface area contributed by atoms with Crippen LogP contribution < -0.4 is 10.1 Å². The topological polar surface area (TPSA) is 21.3 Å². The van der Waals surface area contributed by atoms with E-state index < -0.39 is 0 Å². The summed E-state index contributed by atoms with van der Waals surface area (Å²) in [6, 6.07) is 6.41. The molecule has 0 saturated heterocycles. The number of hydrogen-bond acceptors (Lipinski definition) is 2. The number of nitrogens with one attached hydrogen (secondary N) is 1. The highest BCUT2D eigenvalue weighted by Gasteiger charge is 2.03. The molecule has 1 rings (SSSR count). The Morgan fingerprint density at radius 3 is 2.84 bits per heavy atom. The van der Waals surface area contributed by atoms with Crippen molar-refractivity contribution in [1.82, 2.24) is 5.32 Å². The highest BCUT2D eigenvalue weighted by atomic mass is 16.5. The molecule has 106 valence electrons. The quantitative estimate of drug-likeness (QED) is 0.503. The number of rotatable bonds is 10. The summed E-state index contributed by atoms with van der Waals surface area (Å²) in [4.78, 5) is 0. The van der Waals surface area contributed by atoms with E-state index in [1.54, 1.807) is 0 Å². The number of unbranched alkanes of at least 4 members (excludes halogenated alkanes) is 3. The molecule has 0 aromatic heterocycles. The highest BCUT2D eigenvalue weighted by Crippen LogP contribution is 2.20. The normalized spacial score (nSPS) is 10.4. The van der Waals surface area contributed by atoms with Crippen molar-refractivity contribution in [1.29, 1.82) is 0 Å². The molecule has 0 saturated carbocycles. The van der Waals surface area contributed by atoms with Crippen molar-refractivity contribution in [3.05, 3.63) is 42.0 Å². The van der Waals surface area contributed by atoms with Gasteiger partial charge in [0.05, 0.1) is 6.61 Å². The summed E-state index contributed by atoms with van der Waals surface area (Å²) in [5.74, 6) is 1.02. The van der Waals surface area contributed by atoms with Crippen LogP contribution in [0.25, 0.3) is 0 Å². The van der Waals surface area contributed by atoms with Gasteiger partial charge in [-0.25, -0.2) is 0 Å². The molecule has 0 fully saturated rings. The Bertz CT molecular complexity index is 374. The Hall–Kier alpha value is -1.28. The first-order valence-electron chi connectivity index (χ1n) is 7.32. The Labute approximate surface area is 117 Å². The molecule has 0 aliphatic carbocycles. The van der Waals surface area contributed by atoms with Crippen LogP contribution in [-0.2, 0) is 6.54 Å². The number of ether oxygens (including phenoxy) is 1. The number of aryl methyl sites for hydroxylation is 1. The standard InChI is InChI=1S/C17H27NO/c1-4-6-7-8-9-12-19-17-11-10-15(3)13-16(17)14-18-5-2/h4,10-11,13,18H,1,5-9,12,14H2,2-3H3. The van der Waals surface area contributed by atoms with Crippen molar-refractivity contribution in [2.45, 2.75) is 46.1 Å². The van der Waals surface area contributed by atoms with Gasteiger partial charge < -0.3 is 10.1 Å². The molecule has 0 amide bonds. The third-order valence-electron chi connectivity index (χ3n) is 3.09. The molecule has 1 N–H and O–H groups in total. The van der Waals surface area contributed by atoms with Gasteiger partial charge in [0.1, 0.15) is 5.75 Å². The molecule has 0 aliphatic heterocycles. The van der Waals surface area contributed by atoms with Crippen LogP contribution in [0.5, 0.6) is 5.75 Å². The zero-order valence-electron chi connectivity index (χ0n) is 12.4. The number of allylic oxidation sites excluding steroid dienone is 1. The number of hydrogen-bond donors (Lipinski definition) is 1. The molecule has 0 unspecified atom stereocenters. The summed E-state index contributed by atoms with van der Waals surface area (Å²) in [6.45, 7) is 10.6. The van der Waals surface area contributed by atoms with Crippen LogP contribution in [0.2, 0.25) is 0 Å². The van der Waals surface area contributed by atoms with Crippen LogP contribution in [-0.4, -0.2) is 13.2 Å². The van der Waals surface area contributed by atoms with E-state index in [0.717, 1.165) is 38.3 Å². The molecule has 0 bridgehead atoms. The minimum Gasteiger partial charge on any atom is -0.493 e. The van der Waals surface area contributed by atoms with Gasteiger partial charge in [-0.2, -0.15) is 0 Å². The summed E-state index contributed by atoms with van der Waals surface area (Å²) >= 11 is 0. The molecule has 1 aromatic rings. The van der Waals surface area contributed by atoms with E-state index in [0.29, 0.717) is 0 Å². The Kier molecular flexibility index (Phi) is 7.99. The minimum atomic E-state index is 0.805. The van der Waals surface area contributed by atoms with Crippen molar-refractivity contribution >= 4 is 0 Å². The van der Waals surface area contributed by atoms with E-state index in [1.807, 2.05) is 6.08 Å². The van der Waals surface area contributed by atoms with E-state index >= 15 is 0 Å². The van der Waals surface area contributed by atoms with Crippen LogP contribution in [0, 0.1) is 6.92 Å². The fraction of sp³-hybridized carbons (Fsp3) is 0.529. The molecular weight excluding hydrogens is 234 g/mol. The van der Waals surface area contributed by atoms with E-state index in [2.05, 4.69) is 43.9 Å². The molecule has 2 nitrogen and oxygen atoms in total. The van der Waals surface area contributed by atoms with Crippen LogP contribution in [0.3, 0.4) is 0 Å². The maximum absolute atomic E-state index is 5.90. The molecule has 19 heavy (non-hydrogen) atoms. The Morgan fingerprint density at radius 2 is 2.11 bits per heavy atom. The molecule has 0 radical (unpaired) electrons. The monoisotopic (exact) mass is 261 g/mol. The predicted octanol–water partition coefficient (Wildman–Crippen LogP) is 4.23. The summed E-state index contributed by atoms with van der Waals surface area (Å²) in [6.07, 6.45) is 6.62. The van der Waals surface area contributed by atoms with Crippen LogP contribution >= 0.6 is 0 Å². The number of benzene rings is 1. The van der Waals surface area contributed by atoms with E-state index in [-0.39, 0.29) is 0 Å². The lowest BCUT2D eigenvalue weighted by atomic mass is 10.1. The maximum Gasteiger partial charge on any atom is 0.123 e. The SMILES string of the molecule is C=CCCCCCOc1ccc(C)cc1CNCC. The van der Waals surface area contributed by atoms with E-state index in [4.69, 9.17) is 4.74 Å². The molecule has 0 spiro atoms. The Morgan fingerprint density at radius 1 is 1.26 bits per heavy atom. The van der Waals surface area contributed by atoms with Crippen molar-refractivity contribution in [2.75, 3.05) is 13.2 Å². The molecule has 0 atom stereocenters. The van der Waals surface area contributed by atoms with Crippen LogP contribution in [0.1, 0.15) is 43.7 Å². The average Bonchev–Trinajstić information content (AvgIpc) is 2.42. The van der Waals surface area contributed by atoms with Gasteiger partial charge in [-0.15, -0.1) is 6.58 Å². The lowest BCUT2D eigenvalue weighted by molar-refractivity contribution is 0.302. The molecule has 0 aliphatic rings. The van der Waals surface area contributed by atoms with Crippen molar-refractivity contribution < 1.29 is 4.74 Å². The Balaban J connectivity index is 2.40. The average molecular weight is 261 g/mol. The van der Waals surface area contributed by atoms with Crippen molar-refractivity contribution in [3.8, 4) is 5.75 Å². The van der Waals surface area contributed by atoms with Gasteiger partial charge >= 0.3 is 0 Å². The second kappa shape index (κ2) is 9.62. The first-order valence-corrected chi connectivity index (χ1v) is 7.32. The highest BCUT2D eigenvalue weighted by molar-refractivity contribution is 5.36. The van der Waals surface area contributed by atoms with Crippen LogP contribution in [0.4, 0.5) is 0 Å². The second-order valence-electron chi connectivity index (χ2n) is 4.88. The third kappa shape index (κ3) is 6.44. The smallest absolute Gasteiger partial charge is 0.123 e. The predicted molar refractivity (Wildman–Crippen MR) is 82.7 cm³/mol. The first-order chi connectivity index (χ1) is 9.27. The third-order valence-corrected chi connectivity index (χ3v) is 3.09. The van der Waals surface area contributed by atoms with Gasteiger partial charge in [-0.05, 0) is 45.2 Å². The summed E-state index contributed by atoms with van der Waals surface area (Å²) in [5, 5.41) is 3.36. The molecule has 1 aromatic carbocycles. The van der Waals surface area contributed by atoms with Gasteiger partial charge in [0, 0.05) is 12.1 Å². The summed E-state index contributed by atoms with van der Waals surface area (Å²) in [7, 11) is 0. The van der Waals surface area contributed by atoms with Gasteiger partial charge in [0.25, 0.3) is 0 Å². The van der Waals surface area contributed by atoms with Gasteiger partial charge in [0.15, 0.2) is 0 Å². The van der Waals surface area contributed by atoms with Gasteiger partial charge in [-0.1, -0.05) is 30.7 Å². The molecule has 2 heteroatoms. The fourth-order valence-electron chi connectivity index (χ4n) is 2.00. The zero-order valence-corrected chi connectivity index (χ0v) is 12.4. The first kappa shape index (κ1) is 15.8. The van der Waals surface area contributed by atoms with Crippen molar-refractivity contribution in [2.24, 2.45) is 0 Å². The van der Waals surface area contributed by atoms with E-state index in [9.17, 15) is 0 Å². The lowest BCUT2D eigenvalue weighted by Crippen LogP contribution is -2.13. The largest absolute Gasteiger partial charge is 0.493 e. The molecular formula is C17H27NO. The summed E-state index contributed by atoms with van der Waals surface area (Å²) in [5.41, 5.74) is 2.54. The second-order valence-corrected chi connectivity index (χ2v) is 4.88.